The molecule has 0 aliphatic carbocycles. The fraction of sp³-hybridized carbons (Fsp3) is 0.182. The highest BCUT2D eigenvalue weighted by Crippen LogP contribution is 2.20. The third-order valence-corrected chi connectivity index (χ3v) is 2.80. The minimum Gasteiger partial charge on any atom is -0.281 e. The Morgan fingerprint density at radius 2 is 2.35 bits per heavy atom. The highest BCUT2D eigenvalue weighted by atomic mass is 35.5. The number of rotatable bonds is 4. The number of H-pyrrole nitrogens is 1. The first kappa shape index (κ1) is 11.6. The number of nitrogens with zero attached hydrogens (tertiary/aromatic N) is 2. The molecular weight excluding hydrogens is 242 g/mol. The van der Waals surface area contributed by atoms with Crippen LogP contribution in [-0.4, -0.2) is 15.1 Å². The Labute approximate surface area is 102 Å². The third kappa shape index (κ3) is 2.29. The van der Waals surface area contributed by atoms with E-state index in [2.05, 4.69) is 16.8 Å². The van der Waals surface area contributed by atoms with E-state index in [9.17, 15) is 10.1 Å². The molecule has 1 heterocycles. The number of aromatic amines is 1. The summed E-state index contributed by atoms with van der Waals surface area (Å²) in [6, 6.07) is 5.60. The summed E-state index contributed by atoms with van der Waals surface area (Å²) < 4.78 is 0. The molecule has 0 spiro atoms. The van der Waals surface area contributed by atoms with Gasteiger partial charge in [0.2, 0.25) is 5.70 Å². The zero-order chi connectivity index (χ0) is 12.4. The van der Waals surface area contributed by atoms with Crippen LogP contribution >= 0.6 is 11.6 Å². The fourth-order valence-electron chi connectivity index (χ4n) is 1.60. The SMILES string of the molecule is C=C(Cc1[nH]nc2ccc(CCl)cc12)[N+](=O)[O-]. The molecule has 0 radical (unpaired) electrons. The molecule has 2 rings (SSSR count). The molecule has 1 N–H and O–H groups in total. The molecule has 0 saturated carbocycles. The lowest BCUT2D eigenvalue weighted by Gasteiger charge is -1.98. The highest BCUT2D eigenvalue weighted by molar-refractivity contribution is 6.17. The van der Waals surface area contributed by atoms with Crippen LogP contribution in [0.15, 0.2) is 30.5 Å². The van der Waals surface area contributed by atoms with E-state index in [4.69, 9.17) is 11.6 Å². The van der Waals surface area contributed by atoms with Gasteiger partial charge in [-0.15, -0.1) is 11.6 Å². The summed E-state index contributed by atoms with van der Waals surface area (Å²) in [5.41, 5.74) is 2.35. The second-order valence-electron chi connectivity index (χ2n) is 3.69. The maximum Gasteiger partial charge on any atom is 0.245 e. The first-order valence-electron chi connectivity index (χ1n) is 4.96. The minimum atomic E-state index is -0.488. The molecule has 17 heavy (non-hydrogen) atoms. The number of nitrogens with one attached hydrogen (secondary N) is 1. The lowest BCUT2D eigenvalue weighted by Crippen LogP contribution is -2.01. The van der Waals surface area contributed by atoms with E-state index in [1.807, 2.05) is 18.2 Å². The molecule has 1 aromatic carbocycles. The number of hydrogen-bond acceptors (Lipinski definition) is 3. The van der Waals surface area contributed by atoms with Gasteiger partial charge >= 0.3 is 0 Å². The van der Waals surface area contributed by atoms with E-state index in [0.717, 1.165) is 16.5 Å². The van der Waals surface area contributed by atoms with Crippen LogP contribution in [0.2, 0.25) is 0 Å². The van der Waals surface area contributed by atoms with Crippen molar-refractivity contribution < 1.29 is 4.92 Å². The van der Waals surface area contributed by atoms with Crippen molar-refractivity contribution in [3.05, 3.63) is 51.8 Å². The molecule has 2 aromatic rings. The zero-order valence-electron chi connectivity index (χ0n) is 8.94. The molecule has 88 valence electrons. The summed E-state index contributed by atoms with van der Waals surface area (Å²) in [6.07, 6.45) is 0.148. The monoisotopic (exact) mass is 251 g/mol. The normalized spacial score (nSPS) is 10.6. The summed E-state index contributed by atoms with van der Waals surface area (Å²) in [5, 5.41) is 18.3. The van der Waals surface area contributed by atoms with Gasteiger partial charge in [-0.05, 0) is 24.3 Å². The van der Waals surface area contributed by atoms with Crippen molar-refractivity contribution in [1.29, 1.82) is 0 Å². The summed E-state index contributed by atoms with van der Waals surface area (Å²) in [6.45, 7) is 3.41. The predicted molar refractivity (Wildman–Crippen MR) is 65.5 cm³/mol. The lowest BCUT2D eigenvalue weighted by atomic mass is 10.1. The van der Waals surface area contributed by atoms with Crippen molar-refractivity contribution in [2.24, 2.45) is 0 Å². The second kappa shape index (κ2) is 4.55. The Balaban J connectivity index is 2.40. The smallest absolute Gasteiger partial charge is 0.245 e. The Bertz CT molecular complexity index is 591. The average Bonchev–Trinajstić information content (AvgIpc) is 2.71. The number of nitro groups is 1. The molecule has 0 saturated heterocycles. The van der Waals surface area contributed by atoms with Gasteiger partial charge in [-0.3, -0.25) is 15.2 Å². The van der Waals surface area contributed by atoms with Crippen molar-refractivity contribution >= 4 is 22.5 Å². The summed E-state index contributed by atoms with van der Waals surface area (Å²) in [5.74, 6) is 0.400. The van der Waals surface area contributed by atoms with Crippen LogP contribution in [-0.2, 0) is 12.3 Å². The van der Waals surface area contributed by atoms with Gasteiger partial charge in [-0.1, -0.05) is 6.07 Å². The quantitative estimate of drug-likeness (QED) is 0.516. The van der Waals surface area contributed by atoms with Gasteiger partial charge in [-0.2, -0.15) is 5.10 Å². The third-order valence-electron chi connectivity index (χ3n) is 2.49. The van der Waals surface area contributed by atoms with E-state index >= 15 is 0 Å². The highest BCUT2D eigenvalue weighted by Gasteiger charge is 2.13. The number of hydrogen-bond donors (Lipinski definition) is 1. The molecule has 0 bridgehead atoms. The van der Waals surface area contributed by atoms with Crippen molar-refractivity contribution in [2.45, 2.75) is 12.3 Å². The molecule has 0 fully saturated rings. The molecule has 0 aliphatic heterocycles. The molecule has 0 aliphatic rings. The van der Waals surface area contributed by atoms with Gasteiger partial charge in [0.05, 0.1) is 22.6 Å². The van der Waals surface area contributed by atoms with Crippen molar-refractivity contribution in [1.82, 2.24) is 10.2 Å². The average molecular weight is 252 g/mol. The van der Waals surface area contributed by atoms with E-state index in [1.165, 1.54) is 0 Å². The molecule has 0 amide bonds. The fourth-order valence-corrected chi connectivity index (χ4v) is 1.76. The van der Waals surface area contributed by atoms with Crippen LogP contribution in [0.3, 0.4) is 0 Å². The van der Waals surface area contributed by atoms with Gasteiger partial charge < -0.3 is 0 Å². The van der Waals surface area contributed by atoms with E-state index in [-0.39, 0.29) is 12.1 Å². The Hall–Kier alpha value is -1.88. The van der Waals surface area contributed by atoms with Crippen LogP contribution in [0, 0.1) is 10.1 Å². The maximum atomic E-state index is 10.5. The van der Waals surface area contributed by atoms with Crippen LogP contribution in [0.1, 0.15) is 11.3 Å². The van der Waals surface area contributed by atoms with Crippen molar-refractivity contribution in [3.63, 3.8) is 0 Å². The Kier molecular flexibility index (Phi) is 3.10. The Morgan fingerprint density at radius 1 is 1.59 bits per heavy atom. The van der Waals surface area contributed by atoms with E-state index < -0.39 is 4.92 Å². The molecular formula is C11H10ClN3O2. The number of allylic oxidation sites excluding steroid dienone is 1. The molecule has 0 unspecified atom stereocenters. The van der Waals surface area contributed by atoms with Gasteiger partial charge in [0.1, 0.15) is 0 Å². The molecule has 0 atom stereocenters. The molecule has 6 heteroatoms. The Morgan fingerprint density at radius 3 is 3.00 bits per heavy atom. The van der Waals surface area contributed by atoms with Crippen LogP contribution in [0.4, 0.5) is 0 Å². The van der Waals surface area contributed by atoms with Gasteiger partial charge in [0.25, 0.3) is 0 Å². The first-order chi connectivity index (χ1) is 8.11. The van der Waals surface area contributed by atoms with Gasteiger partial charge in [0, 0.05) is 11.3 Å². The number of fused-ring (bicyclic) bond motifs is 1. The predicted octanol–water partition coefficient (Wildman–Crippen LogP) is 2.63. The van der Waals surface area contributed by atoms with Crippen molar-refractivity contribution in [3.8, 4) is 0 Å². The standard InChI is InChI=1S/C11H10ClN3O2/c1-7(15(16)17)4-11-9-5-8(6-12)2-3-10(9)13-14-11/h2-3,5H,1,4,6H2,(H,13,14). The minimum absolute atomic E-state index is 0.0631. The topological polar surface area (TPSA) is 71.8 Å². The summed E-state index contributed by atoms with van der Waals surface area (Å²) >= 11 is 5.75. The maximum absolute atomic E-state index is 10.5. The van der Waals surface area contributed by atoms with Crippen LogP contribution in [0.25, 0.3) is 10.9 Å². The number of benzene rings is 1. The largest absolute Gasteiger partial charge is 0.281 e. The number of aromatic nitrogens is 2. The van der Waals surface area contributed by atoms with Gasteiger partial charge in [0.15, 0.2) is 0 Å². The molecule has 5 nitrogen and oxygen atoms in total. The van der Waals surface area contributed by atoms with Crippen LogP contribution in [0.5, 0.6) is 0 Å². The number of halogens is 1. The lowest BCUT2D eigenvalue weighted by molar-refractivity contribution is -0.426. The second-order valence-corrected chi connectivity index (χ2v) is 3.95. The first-order valence-corrected chi connectivity index (χ1v) is 5.49. The zero-order valence-corrected chi connectivity index (χ0v) is 9.70. The van der Waals surface area contributed by atoms with Crippen molar-refractivity contribution in [2.75, 3.05) is 0 Å². The van der Waals surface area contributed by atoms with E-state index in [1.54, 1.807) is 0 Å². The van der Waals surface area contributed by atoms with Crippen LogP contribution < -0.4 is 0 Å². The summed E-state index contributed by atoms with van der Waals surface area (Å²) in [7, 11) is 0. The summed E-state index contributed by atoms with van der Waals surface area (Å²) in [4.78, 5) is 10.0. The van der Waals surface area contributed by atoms with Gasteiger partial charge in [-0.25, -0.2) is 0 Å². The molecule has 1 aromatic heterocycles. The van der Waals surface area contributed by atoms with E-state index in [0.29, 0.717) is 11.6 Å². The number of alkyl halides is 1.